The number of fused-ring (bicyclic) bond motifs is 1. The molecule has 2 saturated heterocycles. The van der Waals surface area contributed by atoms with Crippen LogP contribution in [0.2, 0.25) is 0 Å². The van der Waals surface area contributed by atoms with Crippen molar-refractivity contribution in [3.05, 3.63) is 88.2 Å². The number of hydrogen-bond acceptors (Lipinski definition) is 8. The topological polar surface area (TPSA) is 126 Å². The van der Waals surface area contributed by atoms with Crippen LogP contribution in [-0.4, -0.2) is 64.8 Å². The van der Waals surface area contributed by atoms with Crippen LogP contribution in [0, 0.1) is 17.1 Å². The second kappa shape index (κ2) is 11.7. The SMILES string of the molecule is N#Cc1ccc(N2CCN(Cc3ccc(COc4cccc5c4CN([C@H]4CCC(=O)NC4=O)C5=O)c(F)c3)CC2)c(O)c1. The number of phenolic OH excluding ortho intramolecular Hbond substituents is 1. The van der Waals surface area contributed by atoms with Gasteiger partial charge in [0, 0.05) is 55.8 Å². The molecule has 0 spiro atoms. The lowest BCUT2D eigenvalue weighted by Crippen LogP contribution is -2.52. The van der Waals surface area contributed by atoms with Crippen molar-refractivity contribution in [2.24, 2.45) is 0 Å². The van der Waals surface area contributed by atoms with E-state index >= 15 is 4.39 Å². The van der Waals surface area contributed by atoms with E-state index in [0.717, 1.165) is 18.7 Å². The molecule has 2 N–H and O–H groups in total. The molecule has 11 heteroatoms. The number of aromatic hydroxyl groups is 1. The van der Waals surface area contributed by atoms with E-state index in [-0.39, 0.29) is 49.4 Å². The highest BCUT2D eigenvalue weighted by Crippen LogP contribution is 2.34. The van der Waals surface area contributed by atoms with E-state index in [1.165, 1.54) is 17.0 Å². The number of nitrogens with zero attached hydrogens (tertiary/aromatic N) is 4. The monoisotopic (exact) mass is 583 g/mol. The Morgan fingerprint density at radius 1 is 1.05 bits per heavy atom. The van der Waals surface area contributed by atoms with Gasteiger partial charge in [-0.25, -0.2) is 4.39 Å². The zero-order valence-electron chi connectivity index (χ0n) is 23.4. The summed E-state index contributed by atoms with van der Waals surface area (Å²) in [6.45, 7) is 3.59. The van der Waals surface area contributed by atoms with E-state index in [1.54, 1.807) is 36.4 Å². The maximum Gasteiger partial charge on any atom is 0.255 e. The number of rotatable bonds is 7. The van der Waals surface area contributed by atoms with Crippen LogP contribution in [0.25, 0.3) is 0 Å². The minimum Gasteiger partial charge on any atom is -0.506 e. The molecule has 0 aliphatic carbocycles. The first-order valence-corrected chi connectivity index (χ1v) is 14.2. The fourth-order valence-corrected chi connectivity index (χ4v) is 5.92. The highest BCUT2D eigenvalue weighted by Gasteiger charge is 2.40. The number of piperazine rings is 1. The van der Waals surface area contributed by atoms with Crippen molar-refractivity contribution in [3.63, 3.8) is 0 Å². The molecule has 6 rings (SSSR count). The summed E-state index contributed by atoms with van der Waals surface area (Å²) >= 11 is 0. The first kappa shape index (κ1) is 28.2. The number of piperidine rings is 1. The van der Waals surface area contributed by atoms with Gasteiger partial charge >= 0.3 is 0 Å². The number of anilines is 1. The first-order valence-electron chi connectivity index (χ1n) is 14.2. The van der Waals surface area contributed by atoms with Gasteiger partial charge in [-0.2, -0.15) is 5.26 Å². The summed E-state index contributed by atoms with van der Waals surface area (Å²) in [6, 6.07) is 16.4. The zero-order valence-corrected chi connectivity index (χ0v) is 23.4. The van der Waals surface area contributed by atoms with Crippen LogP contribution in [0.5, 0.6) is 11.5 Å². The molecule has 2 fully saturated rings. The number of imide groups is 1. The number of carbonyl (C=O) groups excluding carboxylic acids is 3. The van der Waals surface area contributed by atoms with Gasteiger partial charge in [0.1, 0.15) is 30.0 Å². The number of benzene rings is 3. The van der Waals surface area contributed by atoms with E-state index in [0.29, 0.717) is 53.3 Å². The van der Waals surface area contributed by atoms with Gasteiger partial charge in [-0.1, -0.05) is 18.2 Å². The van der Waals surface area contributed by atoms with E-state index in [1.807, 2.05) is 12.1 Å². The second-order valence-electron chi connectivity index (χ2n) is 11.0. The average Bonchev–Trinajstić information content (AvgIpc) is 3.33. The van der Waals surface area contributed by atoms with Crippen LogP contribution >= 0.6 is 0 Å². The minimum atomic E-state index is -0.721. The largest absolute Gasteiger partial charge is 0.506 e. The molecule has 3 aromatic rings. The molecule has 0 unspecified atom stereocenters. The zero-order chi connectivity index (χ0) is 30.1. The highest BCUT2D eigenvalue weighted by atomic mass is 19.1. The Kier molecular flexibility index (Phi) is 7.69. The van der Waals surface area contributed by atoms with Crippen LogP contribution in [0.1, 0.15) is 45.5 Å². The summed E-state index contributed by atoms with van der Waals surface area (Å²) in [5.41, 5.74) is 3.41. The molecule has 10 nitrogen and oxygen atoms in total. The normalized spacial score (nSPS) is 18.8. The summed E-state index contributed by atoms with van der Waals surface area (Å²) in [7, 11) is 0. The van der Waals surface area contributed by atoms with Gasteiger partial charge in [-0.05, 0) is 48.4 Å². The molecule has 0 aromatic heterocycles. The van der Waals surface area contributed by atoms with E-state index in [2.05, 4.69) is 15.1 Å². The van der Waals surface area contributed by atoms with Crippen molar-refractivity contribution in [3.8, 4) is 17.6 Å². The molecule has 0 saturated carbocycles. The molecule has 3 aromatic carbocycles. The second-order valence-corrected chi connectivity index (χ2v) is 11.0. The number of phenols is 1. The quantitative estimate of drug-likeness (QED) is 0.407. The molecule has 43 heavy (non-hydrogen) atoms. The summed E-state index contributed by atoms with van der Waals surface area (Å²) in [5, 5.41) is 21.6. The number of hydrogen-bond donors (Lipinski definition) is 2. The van der Waals surface area contributed by atoms with Gasteiger partial charge in [0.15, 0.2) is 0 Å². The number of ether oxygens (including phenoxy) is 1. The fourth-order valence-electron chi connectivity index (χ4n) is 5.92. The van der Waals surface area contributed by atoms with Gasteiger partial charge in [0.05, 0.1) is 23.9 Å². The highest BCUT2D eigenvalue weighted by molar-refractivity contribution is 6.05. The Hall–Kier alpha value is -4.95. The Morgan fingerprint density at radius 2 is 1.86 bits per heavy atom. The van der Waals surface area contributed by atoms with Crippen molar-refractivity contribution in [1.29, 1.82) is 5.26 Å². The third-order valence-corrected chi connectivity index (χ3v) is 8.26. The van der Waals surface area contributed by atoms with Crippen molar-refractivity contribution < 1.29 is 28.6 Å². The lowest BCUT2D eigenvalue weighted by Gasteiger charge is -2.36. The average molecular weight is 584 g/mol. The number of halogens is 1. The smallest absolute Gasteiger partial charge is 0.255 e. The standard InChI is InChI=1S/C32H30FN5O5/c33-25-14-21(17-36-10-12-37(13-11-36)26-7-5-20(16-34)15-28(26)39)4-6-22(25)19-43-29-3-1-2-23-24(29)18-38(32(23)42)27-8-9-30(40)35-31(27)41/h1-7,14-15,27,39H,8-13,17-19H2,(H,35,40,41)/t27-/m0/s1. The number of nitrogens with one attached hydrogen (secondary N) is 1. The Labute approximate surface area is 247 Å². The maximum atomic E-state index is 15.1. The number of nitriles is 1. The summed E-state index contributed by atoms with van der Waals surface area (Å²) in [6.07, 6.45) is 0.447. The van der Waals surface area contributed by atoms with Gasteiger partial charge in [0.2, 0.25) is 11.8 Å². The van der Waals surface area contributed by atoms with Gasteiger partial charge in [-0.3, -0.25) is 24.6 Å². The van der Waals surface area contributed by atoms with Crippen LogP contribution in [0.4, 0.5) is 10.1 Å². The molecule has 1 atom stereocenters. The molecule has 3 amide bonds. The molecular weight excluding hydrogens is 553 g/mol. The van der Waals surface area contributed by atoms with Crippen LogP contribution < -0.4 is 15.0 Å². The number of amides is 3. The van der Waals surface area contributed by atoms with E-state index in [4.69, 9.17) is 10.00 Å². The van der Waals surface area contributed by atoms with Crippen LogP contribution in [0.15, 0.2) is 54.6 Å². The molecule has 3 aliphatic heterocycles. The molecule has 0 radical (unpaired) electrons. The summed E-state index contributed by atoms with van der Waals surface area (Å²) in [5.74, 6) is -0.950. The third-order valence-electron chi connectivity index (χ3n) is 8.26. The lowest BCUT2D eigenvalue weighted by molar-refractivity contribution is -0.136. The third kappa shape index (κ3) is 5.74. The molecular formula is C32H30FN5O5. The Balaban J connectivity index is 1.05. The predicted molar refractivity (Wildman–Crippen MR) is 154 cm³/mol. The summed E-state index contributed by atoms with van der Waals surface area (Å²) in [4.78, 5) is 42.7. The minimum absolute atomic E-state index is 0.0259. The maximum absolute atomic E-state index is 15.1. The Bertz CT molecular complexity index is 1650. The lowest BCUT2D eigenvalue weighted by atomic mass is 10.0. The van der Waals surface area contributed by atoms with Crippen molar-refractivity contribution in [2.75, 3.05) is 31.1 Å². The van der Waals surface area contributed by atoms with Gasteiger partial charge < -0.3 is 19.6 Å². The van der Waals surface area contributed by atoms with Gasteiger partial charge in [-0.15, -0.1) is 0 Å². The van der Waals surface area contributed by atoms with Crippen molar-refractivity contribution in [2.45, 2.75) is 38.6 Å². The van der Waals surface area contributed by atoms with Gasteiger partial charge in [0.25, 0.3) is 5.91 Å². The molecule has 0 bridgehead atoms. The van der Waals surface area contributed by atoms with Crippen molar-refractivity contribution >= 4 is 23.4 Å². The van der Waals surface area contributed by atoms with Crippen LogP contribution in [0.3, 0.4) is 0 Å². The Morgan fingerprint density at radius 3 is 2.58 bits per heavy atom. The summed E-state index contributed by atoms with van der Waals surface area (Å²) < 4.78 is 21.1. The molecule has 3 aliphatic rings. The van der Waals surface area contributed by atoms with Crippen LogP contribution in [-0.2, 0) is 29.3 Å². The molecule has 3 heterocycles. The number of carbonyl (C=O) groups is 3. The fraction of sp³-hybridized carbons (Fsp3) is 0.312. The van der Waals surface area contributed by atoms with E-state index < -0.39 is 11.9 Å². The predicted octanol–water partition coefficient (Wildman–Crippen LogP) is 3.07. The first-order chi connectivity index (χ1) is 20.8. The van der Waals surface area contributed by atoms with E-state index in [9.17, 15) is 19.5 Å². The molecule has 220 valence electrons. The van der Waals surface area contributed by atoms with Crippen molar-refractivity contribution in [1.82, 2.24) is 15.1 Å².